The van der Waals surface area contributed by atoms with Crippen LogP contribution < -0.4 is 10.1 Å². The van der Waals surface area contributed by atoms with Crippen molar-refractivity contribution in [3.05, 3.63) is 95.3 Å². The van der Waals surface area contributed by atoms with E-state index in [-0.39, 0.29) is 23.4 Å². The highest BCUT2D eigenvalue weighted by Crippen LogP contribution is 2.30. The number of fused-ring (bicyclic) bond motifs is 1. The molecule has 0 aliphatic carbocycles. The third kappa shape index (κ3) is 4.74. The second-order valence-corrected chi connectivity index (χ2v) is 7.30. The highest BCUT2D eigenvalue weighted by molar-refractivity contribution is 5.80. The van der Waals surface area contributed by atoms with E-state index >= 15 is 0 Å². The van der Waals surface area contributed by atoms with Crippen LogP contribution in [0.1, 0.15) is 28.6 Å². The van der Waals surface area contributed by atoms with Gasteiger partial charge in [-0.1, -0.05) is 48.5 Å². The zero-order valence-electron chi connectivity index (χ0n) is 17.1. The summed E-state index contributed by atoms with van der Waals surface area (Å²) in [7, 11) is 1.56. The van der Waals surface area contributed by atoms with Gasteiger partial charge in [0.1, 0.15) is 5.75 Å². The number of aromatic nitrogens is 2. The summed E-state index contributed by atoms with van der Waals surface area (Å²) in [6.45, 7) is 0. The topological polar surface area (TPSA) is 67.0 Å². The summed E-state index contributed by atoms with van der Waals surface area (Å²) in [5.41, 5.74) is 2.68. The molecule has 0 radical (unpaired) electrons. The highest BCUT2D eigenvalue weighted by Gasteiger charge is 2.34. The summed E-state index contributed by atoms with van der Waals surface area (Å²) in [6.07, 6.45) is -4.44. The maximum Gasteiger partial charge on any atom is 0.449 e. The molecule has 0 aliphatic heterocycles. The van der Waals surface area contributed by atoms with Gasteiger partial charge >= 0.3 is 6.18 Å². The Morgan fingerprint density at radius 1 is 1.03 bits per heavy atom. The number of imidazole rings is 1. The van der Waals surface area contributed by atoms with E-state index in [0.717, 1.165) is 11.1 Å². The Balaban J connectivity index is 1.64. The molecule has 0 saturated carbocycles. The first kappa shape index (κ1) is 21.4. The molecule has 32 heavy (non-hydrogen) atoms. The summed E-state index contributed by atoms with van der Waals surface area (Å²) in [5, 5.41) is 3.00. The molecule has 0 spiro atoms. The van der Waals surface area contributed by atoms with Crippen LogP contribution >= 0.6 is 0 Å². The number of halogens is 3. The van der Waals surface area contributed by atoms with Crippen molar-refractivity contribution in [2.24, 2.45) is 0 Å². The summed E-state index contributed by atoms with van der Waals surface area (Å²) >= 11 is 0. The predicted molar refractivity (Wildman–Crippen MR) is 114 cm³/mol. The number of hydrogen-bond acceptors (Lipinski definition) is 3. The maximum atomic E-state index is 13.0. The van der Waals surface area contributed by atoms with Crippen molar-refractivity contribution >= 4 is 16.9 Å². The van der Waals surface area contributed by atoms with Gasteiger partial charge in [0.2, 0.25) is 11.7 Å². The van der Waals surface area contributed by atoms with Crippen LogP contribution in [0.25, 0.3) is 11.0 Å². The molecule has 0 saturated heterocycles. The Kier molecular flexibility index (Phi) is 5.85. The fourth-order valence-electron chi connectivity index (χ4n) is 3.53. The van der Waals surface area contributed by atoms with Crippen LogP contribution in [0.15, 0.2) is 72.8 Å². The van der Waals surface area contributed by atoms with Crippen molar-refractivity contribution in [2.75, 3.05) is 7.11 Å². The van der Waals surface area contributed by atoms with Crippen LogP contribution in [0, 0.1) is 0 Å². The van der Waals surface area contributed by atoms with E-state index in [1.54, 1.807) is 37.4 Å². The minimum Gasteiger partial charge on any atom is -0.497 e. The fraction of sp³-hybridized carbons (Fsp3) is 0.167. The molecule has 1 amide bonds. The number of aromatic amines is 1. The number of nitrogens with one attached hydrogen (secondary N) is 2. The number of methoxy groups -OCH3 is 1. The van der Waals surface area contributed by atoms with E-state index in [4.69, 9.17) is 4.74 Å². The van der Waals surface area contributed by atoms with Crippen LogP contribution in [0.3, 0.4) is 0 Å². The van der Waals surface area contributed by atoms with E-state index in [2.05, 4.69) is 15.3 Å². The smallest absolute Gasteiger partial charge is 0.449 e. The number of ether oxygens (including phenoxy) is 1. The van der Waals surface area contributed by atoms with Gasteiger partial charge in [0.05, 0.1) is 30.6 Å². The molecule has 1 heterocycles. The highest BCUT2D eigenvalue weighted by atomic mass is 19.4. The second kappa shape index (κ2) is 8.74. The van der Waals surface area contributed by atoms with Crippen molar-refractivity contribution in [3.8, 4) is 5.75 Å². The predicted octanol–water partition coefficient (Wildman–Crippen LogP) is 5.04. The molecule has 1 atom stereocenters. The zero-order valence-corrected chi connectivity index (χ0v) is 17.1. The normalized spacial score (nSPS) is 12.5. The van der Waals surface area contributed by atoms with E-state index < -0.39 is 18.0 Å². The average Bonchev–Trinajstić information content (AvgIpc) is 3.22. The summed E-state index contributed by atoms with van der Waals surface area (Å²) in [4.78, 5) is 18.8. The Hall–Kier alpha value is -3.81. The van der Waals surface area contributed by atoms with Gasteiger partial charge in [0.15, 0.2) is 0 Å². The lowest BCUT2D eigenvalue weighted by Gasteiger charge is -2.20. The van der Waals surface area contributed by atoms with Gasteiger partial charge in [-0.15, -0.1) is 0 Å². The number of nitrogens with zero attached hydrogens (tertiary/aromatic N) is 1. The van der Waals surface area contributed by atoms with Crippen molar-refractivity contribution < 1.29 is 22.7 Å². The molecule has 1 unspecified atom stereocenters. The summed E-state index contributed by atoms with van der Waals surface area (Å²) in [5.74, 6) is -0.629. The third-order valence-corrected chi connectivity index (χ3v) is 5.04. The van der Waals surface area contributed by atoms with Gasteiger partial charge in [-0.25, -0.2) is 4.98 Å². The molecule has 5 nitrogen and oxygen atoms in total. The Morgan fingerprint density at radius 3 is 2.53 bits per heavy atom. The molecule has 1 aromatic heterocycles. The number of carbonyl (C=O) groups is 1. The SMILES string of the molecule is COc1cccc(CC(=O)NC(c2ccccc2)c2ccc3nc(C(F)(F)F)[nH]c3c2)c1. The lowest BCUT2D eigenvalue weighted by Crippen LogP contribution is -2.30. The van der Waals surface area contributed by atoms with Gasteiger partial charge in [0.25, 0.3) is 0 Å². The number of rotatable bonds is 6. The number of amides is 1. The first-order valence-corrected chi connectivity index (χ1v) is 9.87. The van der Waals surface area contributed by atoms with E-state index in [0.29, 0.717) is 11.3 Å². The average molecular weight is 439 g/mol. The molecule has 4 rings (SSSR count). The molecule has 0 aliphatic rings. The molecular weight excluding hydrogens is 419 g/mol. The van der Waals surface area contributed by atoms with E-state index in [9.17, 15) is 18.0 Å². The zero-order chi connectivity index (χ0) is 22.7. The first-order chi connectivity index (χ1) is 15.3. The van der Waals surface area contributed by atoms with Crippen molar-refractivity contribution in [2.45, 2.75) is 18.6 Å². The Morgan fingerprint density at radius 2 is 1.81 bits per heavy atom. The van der Waals surface area contributed by atoms with Crippen molar-refractivity contribution in [1.82, 2.24) is 15.3 Å². The molecule has 164 valence electrons. The molecular formula is C24H20F3N3O2. The number of benzene rings is 3. The summed E-state index contributed by atoms with van der Waals surface area (Å²) < 4.78 is 44.3. The van der Waals surface area contributed by atoms with Gasteiger partial charge < -0.3 is 15.0 Å². The number of carbonyl (C=O) groups excluding carboxylic acids is 1. The molecule has 2 N–H and O–H groups in total. The fourth-order valence-corrected chi connectivity index (χ4v) is 3.53. The van der Waals surface area contributed by atoms with Crippen LogP contribution in [0.5, 0.6) is 5.75 Å². The van der Waals surface area contributed by atoms with Gasteiger partial charge in [-0.2, -0.15) is 13.2 Å². The Labute approximate surface area is 182 Å². The number of alkyl halides is 3. The van der Waals surface area contributed by atoms with Crippen molar-refractivity contribution in [3.63, 3.8) is 0 Å². The lowest BCUT2D eigenvalue weighted by atomic mass is 9.97. The third-order valence-electron chi connectivity index (χ3n) is 5.04. The molecule has 0 fully saturated rings. The molecule has 8 heteroatoms. The minimum atomic E-state index is -4.57. The quantitative estimate of drug-likeness (QED) is 0.442. The van der Waals surface area contributed by atoms with Crippen LogP contribution in [0.2, 0.25) is 0 Å². The Bertz CT molecular complexity index is 1240. The van der Waals surface area contributed by atoms with Gasteiger partial charge in [0, 0.05) is 0 Å². The lowest BCUT2D eigenvalue weighted by molar-refractivity contribution is -0.144. The van der Waals surface area contributed by atoms with Crippen LogP contribution in [0.4, 0.5) is 13.2 Å². The van der Waals surface area contributed by atoms with Crippen LogP contribution in [-0.4, -0.2) is 23.0 Å². The molecule has 0 bridgehead atoms. The largest absolute Gasteiger partial charge is 0.497 e. The van der Waals surface area contributed by atoms with E-state index in [1.165, 1.54) is 6.07 Å². The van der Waals surface area contributed by atoms with Crippen molar-refractivity contribution in [1.29, 1.82) is 0 Å². The maximum absolute atomic E-state index is 13.0. The first-order valence-electron chi connectivity index (χ1n) is 9.87. The van der Waals surface area contributed by atoms with Gasteiger partial charge in [-0.05, 0) is 41.0 Å². The molecule has 4 aromatic rings. The van der Waals surface area contributed by atoms with Crippen LogP contribution in [-0.2, 0) is 17.4 Å². The standard InChI is InChI=1S/C24H20F3N3O2/c1-32-18-9-5-6-15(12-18)13-21(31)30-22(16-7-3-2-4-8-16)17-10-11-19-20(14-17)29-23(28-19)24(25,26)27/h2-12,14,22H,13H2,1H3,(H,28,29)(H,30,31). The second-order valence-electron chi connectivity index (χ2n) is 7.30. The number of H-pyrrole nitrogens is 1. The monoisotopic (exact) mass is 439 g/mol. The van der Waals surface area contributed by atoms with Gasteiger partial charge in [-0.3, -0.25) is 4.79 Å². The number of hydrogen-bond donors (Lipinski definition) is 2. The minimum absolute atomic E-state index is 0.130. The van der Waals surface area contributed by atoms with E-state index in [1.807, 2.05) is 36.4 Å². The molecule has 3 aromatic carbocycles. The summed E-state index contributed by atoms with van der Waals surface area (Å²) in [6, 6.07) is 20.7.